The third-order valence-corrected chi connectivity index (χ3v) is 2.58. The van der Waals surface area contributed by atoms with Crippen LogP contribution in [-0.4, -0.2) is 26.2 Å². The highest BCUT2D eigenvalue weighted by Crippen LogP contribution is 2.21. The topological polar surface area (TPSA) is 24.1 Å². The molecule has 2 fully saturated rings. The van der Waals surface area contributed by atoms with Crippen molar-refractivity contribution < 1.29 is 0 Å². The summed E-state index contributed by atoms with van der Waals surface area (Å²) >= 11 is 0. The zero-order valence-electron chi connectivity index (χ0n) is 6.51. The minimum absolute atomic E-state index is 0. The van der Waals surface area contributed by atoms with Gasteiger partial charge in [-0.15, -0.1) is 24.8 Å². The molecule has 2 nitrogen and oxygen atoms in total. The van der Waals surface area contributed by atoms with Gasteiger partial charge in [-0.1, -0.05) is 0 Å². The Labute approximate surface area is 80.3 Å². The second kappa shape index (κ2) is 5.20. The van der Waals surface area contributed by atoms with Crippen molar-refractivity contribution >= 4 is 24.8 Å². The SMILES string of the molecule is C1C[C@@H]2CNC[C@@H]2CN1.Cl.Cl. The molecule has 0 aromatic rings. The molecule has 4 heteroatoms. The van der Waals surface area contributed by atoms with Crippen LogP contribution in [0.25, 0.3) is 0 Å². The van der Waals surface area contributed by atoms with E-state index < -0.39 is 0 Å². The van der Waals surface area contributed by atoms with Gasteiger partial charge in [0, 0.05) is 0 Å². The van der Waals surface area contributed by atoms with Gasteiger partial charge in [-0.2, -0.15) is 0 Å². The van der Waals surface area contributed by atoms with Gasteiger partial charge in [0.25, 0.3) is 0 Å². The van der Waals surface area contributed by atoms with Gasteiger partial charge in [0.1, 0.15) is 0 Å². The number of halogens is 2. The summed E-state index contributed by atoms with van der Waals surface area (Å²) in [6.07, 6.45) is 1.39. The Morgan fingerprint density at radius 2 is 1.45 bits per heavy atom. The summed E-state index contributed by atoms with van der Waals surface area (Å²) in [6, 6.07) is 0. The summed E-state index contributed by atoms with van der Waals surface area (Å²) in [4.78, 5) is 0. The van der Waals surface area contributed by atoms with Crippen molar-refractivity contribution in [3.05, 3.63) is 0 Å². The van der Waals surface area contributed by atoms with Crippen LogP contribution < -0.4 is 10.6 Å². The molecule has 2 heterocycles. The van der Waals surface area contributed by atoms with Crippen molar-refractivity contribution in [3.8, 4) is 0 Å². The minimum atomic E-state index is 0. The second-order valence-electron chi connectivity index (χ2n) is 3.17. The molecule has 0 aliphatic carbocycles. The maximum atomic E-state index is 3.42. The predicted octanol–water partition coefficient (Wildman–Crippen LogP) is 0.659. The van der Waals surface area contributed by atoms with E-state index in [1.54, 1.807) is 0 Å². The highest BCUT2D eigenvalue weighted by atomic mass is 35.5. The lowest BCUT2D eigenvalue weighted by Crippen LogP contribution is -2.35. The first kappa shape index (κ1) is 11.5. The Hall–Kier alpha value is 0.500. The molecule has 2 rings (SSSR count). The fourth-order valence-electron chi connectivity index (χ4n) is 1.94. The third-order valence-electron chi connectivity index (χ3n) is 2.58. The quantitative estimate of drug-likeness (QED) is 0.598. The fourth-order valence-corrected chi connectivity index (χ4v) is 1.94. The molecule has 0 spiro atoms. The van der Waals surface area contributed by atoms with Gasteiger partial charge in [0.15, 0.2) is 0 Å². The molecule has 2 aliphatic rings. The van der Waals surface area contributed by atoms with Crippen LogP contribution in [0, 0.1) is 11.8 Å². The van der Waals surface area contributed by atoms with Gasteiger partial charge in [-0.25, -0.2) is 0 Å². The van der Waals surface area contributed by atoms with E-state index >= 15 is 0 Å². The van der Waals surface area contributed by atoms with E-state index in [0.29, 0.717) is 0 Å². The van der Waals surface area contributed by atoms with Crippen LogP contribution in [0.5, 0.6) is 0 Å². The first-order valence-corrected chi connectivity index (χ1v) is 3.88. The predicted molar refractivity (Wildman–Crippen MR) is 51.8 cm³/mol. The van der Waals surface area contributed by atoms with Crippen molar-refractivity contribution in [2.24, 2.45) is 11.8 Å². The van der Waals surface area contributed by atoms with Crippen LogP contribution in [0.1, 0.15) is 6.42 Å². The molecule has 0 saturated carbocycles. The second-order valence-corrected chi connectivity index (χ2v) is 3.17. The Morgan fingerprint density at radius 3 is 2.18 bits per heavy atom. The van der Waals surface area contributed by atoms with Crippen LogP contribution in [0.2, 0.25) is 0 Å². The standard InChI is InChI=1S/C7H14N2.2ClH/c1-2-8-4-7-5-9-3-6(1)7;;/h6-9H,1-5H2;2*1H/t6-,7+;;/m1../s1. The summed E-state index contributed by atoms with van der Waals surface area (Å²) in [6.45, 7) is 5.00. The summed E-state index contributed by atoms with van der Waals surface area (Å²) in [5.41, 5.74) is 0. The normalized spacial score (nSPS) is 34.9. The fraction of sp³-hybridized carbons (Fsp3) is 1.00. The van der Waals surface area contributed by atoms with Crippen LogP contribution in [0.15, 0.2) is 0 Å². The lowest BCUT2D eigenvalue weighted by molar-refractivity contribution is 0.318. The molecule has 0 aromatic carbocycles. The number of hydrogen-bond donors (Lipinski definition) is 2. The van der Waals surface area contributed by atoms with Gasteiger partial charge >= 0.3 is 0 Å². The highest BCUT2D eigenvalue weighted by Gasteiger charge is 2.28. The van der Waals surface area contributed by atoms with Gasteiger partial charge in [-0.3, -0.25) is 0 Å². The van der Waals surface area contributed by atoms with Crippen molar-refractivity contribution in [1.29, 1.82) is 0 Å². The minimum Gasteiger partial charge on any atom is -0.316 e. The molecular formula is C7H16Cl2N2. The van der Waals surface area contributed by atoms with E-state index in [-0.39, 0.29) is 24.8 Å². The molecule has 11 heavy (non-hydrogen) atoms. The molecule has 0 aromatic heterocycles. The molecule has 2 aliphatic heterocycles. The van der Waals surface area contributed by atoms with Gasteiger partial charge in [0.05, 0.1) is 0 Å². The van der Waals surface area contributed by atoms with Crippen LogP contribution in [0.4, 0.5) is 0 Å². The molecule has 2 N–H and O–H groups in total. The lowest BCUT2D eigenvalue weighted by Gasteiger charge is -2.24. The molecule has 0 unspecified atom stereocenters. The Morgan fingerprint density at radius 1 is 0.818 bits per heavy atom. The van der Waals surface area contributed by atoms with E-state index in [2.05, 4.69) is 10.6 Å². The molecule has 68 valence electrons. The van der Waals surface area contributed by atoms with E-state index in [9.17, 15) is 0 Å². The first-order valence-electron chi connectivity index (χ1n) is 3.88. The molecule has 0 bridgehead atoms. The maximum absolute atomic E-state index is 3.42. The van der Waals surface area contributed by atoms with Crippen LogP contribution >= 0.6 is 24.8 Å². The van der Waals surface area contributed by atoms with E-state index in [1.165, 1.54) is 32.6 Å². The summed E-state index contributed by atoms with van der Waals surface area (Å²) in [5, 5.41) is 6.84. The van der Waals surface area contributed by atoms with Crippen molar-refractivity contribution in [2.75, 3.05) is 26.2 Å². The number of piperidine rings is 1. The van der Waals surface area contributed by atoms with Crippen LogP contribution in [-0.2, 0) is 0 Å². The molecule has 0 radical (unpaired) electrons. The molecular weight excluding hydrogens is 183 g/mol. The van der Waals surface area contributed by atoms with Crippen molar-refractivity contribution in [1.82, 2.24) is 10.6 Å². The van der Waals surface area contributed by atoms with Crippen molar-refractivity contribution in [3.63, 3.8) is 0 Å². The van der Waals surface area contributed by atoms with E-state index in [4.69, 9.17) is 0 Å². The van der Waals surface area contributed by atoms with Gasteiger partial charge < -0.3 is 10.6 Å². The number of rotatable bonds is 0. The van der Waals surface area contributed by atoms with Crippen LogP contribution in [0.3, 0.4) is 0 Å². The first-order chi connectivity index (χ1) is 4.47. The number of nitrogens with one attached hydrogen (secondary N) is 2. The Balaban J connectivity index is 0.000000500. The van der Waals surface area contributed by atoms with Gasteiger partial charge in [0.2, 0.25) is 0 Å². The number of fused-ring (bicyclic) bond motifs is 1. The van der Waals surface area contributed by atoms with E-state index in [1.807, 2.05) is 0 Å². The third kappa shape index (κ3) is 2.48. The van der Waals surface area contributed by atoms with Crippen molar-refractivity contribution in [2.45, 2.75) is 6.42 Å². The zero-order chi connectivity index (χ0) is 6.10. The largest absolute Gasteiger partial charge is 0.316 e. The summed E-state index contributed by atoms with van der Waals surface area (Å²) < 4.78 is 0. The Bertz CT molecular complexity index is 98.6. The van der Waals surface area contributed by atoms with Gasteiger partial charge in [-0.05, 0) is 44.4 Å². The summed E-state index contributed by atoms with van der Waals surface area (Å²) in [7, 11) is 0. The average Bonchev–Trinajstić information content (AvgIpc) is 2.33. The zero-order valence-corrected chi connectivity index (χ0v) is 8.14. The smallest absolute Gasteiger partial charge is 0.000511 e. The summed E-state index contributed by atoms with van der Waals surface area (Å²) in [5.74, 6) is 1.94. The maximum Gasteiger partial charge on any atom is -0.000511 e. The number of hydrogen-bond acceptors (Lipinski definition) is 2. The highest BCUT2D eigenvalue weighted by molar-refractivity contribution is 5.85. The monoisotopic (exact) mass is 198 g/mol. The molecule has 0 amide bonds. The lowest BCUT2D eigenvalue weighted by atomic mass is 9.90. The molecule has 2 saturated heterocycles. The Kier molecular flexibility index (Phi) is 5.44. The average molecular weight is 199 g/mol. The van der Waals surface area contributed by atoms with E-state index in [0.717, 1.165) is 11.8 Å². The molecule has 2 atom stereocenters.